The molecule has 0 aromatic carbocycles. The molecule has 1 heterocycles. The van der Waals surface area contributed by atoms with Crippen molar-refractivity contribution in [3.8, 4) is 0 Å². The van der Waals surface area contributed by atoms with E-state index < -0.39 is 0 Å². The maximum absolute atomic E-state index is 5.97. The third-order valence-electron chi connectivity index (χ3n) is 2.44. The number of halogens is 2. The number of pyridine rings is 1. The van der Waals surface area contributed by atoms with Crippen molar-refractivity contribution in [2.45, 2.75) is 18.4 Å². The lowest BCUT2D eigenvalue weighted by Gasteiger charge is -2.16. The molecule has 76 valence electrons. The van der Waals surface area contributed by atoms with E-state index in [1.807, 2.05) is 0 Å². The SMILES string of the molecule is NCC1(Nc2ncc(Cl)cc2Cl)CC1. The van der Waals surface area contributed by atoms with Crippen LogP contribution in [0.15, 0.2) is 12.3 Å². The summed E-state index contributed by atoms with van der Waals surface area (Å²) in [7, 11) is 0. The highest BCUT2D eigenvalue weighted by Crippen LogP contribution is 2.39. The van der Waals surface area contributed by atoms with Gasteiger partial charge in [-0.25, -0.2) is 4.98 Å². The predicted octanol–water partition coefficient (Wildman–Crippen LogP) is 2.29. The van der Waals surface area contributed by atoms with Gasteiger partial charge in [0.15, 0.2) is 0 Å². The minimum absolute atomic E-state index is 0.0183. The number of hydrogen-bond donors (Lipinski definition) is 2. The largest absolute Gasteiger partial charge is 0.362 e. The summed E-state index contributed by atoms with van der Waals surface area (Å²) < 4.78 is 0. The standard InChI is InChI=1S/C9H11Cl2N3/c10-6-3-7(11)8(13-4-6)14-9(5-12)1-2-9/h3-4H,1-2,5,12H2,(H,13,14). The molecule has 1 aliphatic carbocycles. The Morgan fingerprint density at radius 3 is 2.71 bits per heavy atom. The molecule has 1 fully saturated rings. The summed E-state index contributed by atoms with van der Waals surface area (Å²) in [5.41, 5.74) is 5.66. The summed E-state index contributed by atoms with van der Waals surface area (Å²) in [6.45, 7) is 0.605. The lowest BCUT2D eigenvalue weighted by Crippen LogP contribution is -2.31. The van der Waals surface area contributed by atoms with E-state index in [9.17, 15) is 0 Å². The van der Waals surface area contributed by atoms with Crippen LogP contribution in [0.25, 0.3) is 0 Å². The fourth-order valence-corrected chi connectivity index (χ4v) is 1.72. The van der Waals surface area contributed by atoms with E-state index in [0.29, 0.717) is 22.4 Å². The number of nitrogens with two attached hydrogens (primary N) is 1. The molecule has 0 amide bonds. The third kappa shape index (κ3) is 1.95. The summed E-state index contributed by atoms with van der Waals surface area (Å²) in [6, 6.07) is 1.67. The van der Waals surface area contributed by atoms with Gasteiger partial charge in [0.25, 0.3) is 0 Å². The number of nitrogens with one attached hydrogen (secondary N) is 1. The molecule has 1 saturated carbocycles. The van der Waals surface area contributed by atoms with Gasteiger partial charge in [-0.15, -0.1) is 0 Å². The van der Waals surface area contributed by atoms with E-state index in [0.717, 1.165) is 12.8 Å². The van der Waals surface area contributed by atoms with Crippen molar-refractivity contribution in [2.24, 2.45) is 5.73 Å². The minimum atomic E-state index is 0.0183. The third-order valence-corrected chi connectivity index (χ3v) is 2.93. The fourth-order valence-electron chi connectivity index (χ4n) is 1.29. The first kappa shape index (κ1) is 10.0. The number of hydrogen-bond acceptors (Lipinski definition) is 3. The zero-order chi connectivity index (χ0) is 10.2. The van der Waals surface area contributed by atoms with Gasteiger partial charge < -0.3 is 11.1 Å². The van der Waals surface area contributed by atoms with Gasteiger partial charge in [0.1, 0.15) is 5.82 Å². The molecule has 0 saturated heterocycles. The Kier molecular flexibility index (Phi) is 2.56. The predicted molar refractivity (Wildman–Crippen MR) is 58.9 cm³/mol. The summed E-state index contributed by atoms with van der Waals surface area (Å²) in [6.07, 6.45) is 3.72. The van der Waals surface area contributed by atoms with Crippen molar-refractivity contribution in [1.82, 2.24) is 4.98 Å². The topological polar surface area (TPSA) is 50.9 Å². The van der Waals surface area contributed by atoms with E-state index in [-0.39, 0.29) is 5.54 Å². The van der Waals surface area contributed by atoms with Gasteiger partial charge in [0.05, 0.1) is 15.6 Å². The molecule has 1 aromatic rings. The Hall–Kier alpha value is -0.510. The maximum Gasteiger partial charge on any atom is 0.145 e. The number of rotatable bonds is 3. The van der Waals surface area contributed by atoms with Crippen molar-refractivity contribution in [2.75, 3.05) is 11.9 Å². The van der Waals surface area contributed by atoms with Crippen molar-refractivity contribution >= 4 is 29.0 Å². The second kappa shape index (κ2) is 3.57. The average Bonchev–Trinajstić information content (AvgIpc) is 2.91. The highest BCUT2D eigenvalue weighted by atomic mass is 35.5. The van der Waals surface area contributed by atoms with Crippen LogP contribution in [0.3, 0.4) is 0 Å². The first-order valence-corrected chi connectivity index (χ1v) is 5.20. The van der Waals surface area contributed by atoms with Crippen LogP contribution in [0.4, 0.5) is 5.82 Å². The average molecular weight is 232 g/mol. The van der Waals surface area contributed by atoms with Crippen LogP contribution < -0.4 is 11.1 Å². The molecule has 0 spiro atoms. The molecular weight excluding hydrogens is 221 g/mol. The summed E-state index contributed by atoms with van der Waals surface area (Å²) in [4.78, 5) is 4.12. The molecular formula is C9H11Cl2N3. The Bertz CT molecular complexity index is 350. The molecule has 1 aromatic heterocycles. The van der Waals surface area contributed by atoms with E-state index >= 15 is 0 Å². The summed E-state index contributed by atoms with van der Waals surface area (Å²) in [5.74, 6) is 0.666. The first-order valence-electron chi connectivity index (χ1n) is 4.44. The van der Waals surface area contributed by atoms with Gasteiger partial charge in [-0.2, -0.15) is 0 Å². The van der Waals surface area contributed by atoms with Gasteiger partial charge in [-0.05, 0) is 18.9 Å². The quantitative estimate of drug-likeness (QED) is 0.840. The first-order chi connectivity index (χ1) is 6.65. The van der Waals surface area contributed by atoms with Crippen LogP contribution in [0.1, 0.15) is 12.8 Å². The van der Waals surface area contributed by atoms with E-state index in [1.165, 1.54) is 0 Å². The lowest BCUT2D eigenvalue weighted by atomic mass is 10.2. The van der Waals surface area contributed by atoms with Crippen LogP contribution in [-0.2, 0) is 0 Å². The van der Waals surface area contributed by atoms with Gasteiger partial charge in [-0.3, -0.25) is 0 Å². The van der Waals surface area contributed by atoms with Crippen LogP contribution in [0.5, 0.6) is 0 Å². The highest BCUT2D eigenvalue weighted by Gasteiger charge is 2.41. The second-order valence-electron chi connectivity index (χ2n) is 3.59. The molecule has 0 radical (unpaired) electrons. The van der Waals surface area contributed by atoms with Gasteiger partial charge in [0, 0.05) is 12.7 Å². The summed E-state index contributed by atoms with van der Waals surface area (Å²) >= 11 is 11.7. The Labute approximate surface area is 92.6 Å². The maximum atomic E-state index is 5.97. The molecule has 14 heavy (non-hydrogen) atoms. The van der Waals surface area contributed by atoms with Gasteiger partial charge in [-0.1, -0.05) is 23.2 Å². The summed E-state index contributed by atoms with van der Waals surface area (Å²) in [5, 5.41) is 4.33. The fraction of sp³-hybridized carbons (Fsp3) is 0.444. The molecule has 5 heteroatoms. The lowest BCUT2D eigenvalue weighted by molar-refractivity contribution is 0.737. The van der Waals surface area contributed by atoms with Gasteiger partial charge in [0.2, 0.25) is 0 Å². The van der Waals surface area contributed by atoms with Gasteiger partial charge >= 0.3 is 0 Å². The van der Waals surface area contributed by atoms with Crippen LogP contribution in [0, 0.1) is 0 Å². The molecule has 1 aliphatic rings. The molecule has 0 atom stereocenters. The molecule has 0 bridgehead atoms. The van der Waals surface area contributed by atoms with E-state index in [2.05, 4.69) is 10.3 Å². The van der Waals surface area contributed by atoms with Crippen molar-refractivity contribution < 1.29 is 0 Å². The zero-order valence-electron chi connectivity index (χ0n) is 7.56. The molecule has 3 nitrogen and oxygen atoms in total. The van der Waals surface area contributed by atoms with E-state index in [1.54, 1.807) is 12.3 Å². The van der Waals surface area contributed by atoms with Crippen molar-refractivity contribution in [3.63, 3.8) is 0 Å². The zero-order valence-corrected chi connectivity index (χ0v) is 9.07. The monoisotopic (exact) mass is 231 g/mol. The van der Waals surface area contributed by atoms with Crippen molar-refractivity contribution in [3.05, 3.63) is 22.3 Å². The van der Waals surface area contributed by atoms with Crippen molar-refractivity contribution in [1.29, 1.82) is 0 Å². The van der Waals surface area contributed by atoms with Crippen LogP contribution in [-0.4, -0.2) is 17.1 Å². The number of anilines is 1. The Morgan fingerprint density at radius 1 is 1.50 bits per heavy atom. The minimum Gasteiger partial charge on any atom is -0.362 e. The smallest absolute Gasteiger partial charge is 0.145 e. The van der Waals surface area contributed by atoms with Crippen LogP contribution in [0.2, 0.25) is 10.0 Å². The van der Waals surface area contributed by atoms with E-state index in [4.69, 9.17) is 28.9 Å². The highest BCUT2D eigenvalue weighted by molar-refractivity contribution is 6.35. The molecule has 0 aliphatic heterocycles. The second-order valence-corrected chi connectivity index (χ2v) is 4.44. The number of aromatic nitrogens is 1. The van der Waals surface area contributed by atoms with Crippen LogP contribution >= 0.6 is 23.2 Å². The molecule has 3 N–H and O–H groups in total. The molecule has 2 rings (SSSR count). The molecule has 0 unspecified atom stereocenters. The Balaban J connectivity index is 2.17. The Morgan fingerprint density at radius 2 is 2.21 bits per heavy atom. The normalized spacial score (nSPS) is 17.9. The number of nitrogens with zero attached hydrogens (tertiary/aromatic N) is 1.